The summed E-state index contributed by atoms with van der Waals surface area (Å²) in [5, 5.41) is 8.72. The van der Waals surface area contributed by atoms with E-state index in [-0.39, 0.29) is 5.92 Å². The van der Waals surface area contributed by atoms with Crippen molar-refractivity contribution in [2.45, 2.75) is 6.92 Å². The summed E-state index contributed by atoms with van der Waals surface area (Å²) in [6, 6.07) is 7.93. The Kier molecular flexibility index (Phi) is 3.64. The van der Waals surface area contributed by atoms with Gasteiger partial charge in [0.2, 0.25) is 0 Å². The minimum Gasteiger partial charge on any atom is -0.492 e. The van der Waals surface area contributed by atoms with Crippen LogP contribution in [0.15, 0.2) is 24.3 Å². The van der Waals surface area contributed by atoms with E-state index >= 15 is 0 Å². The summed E-state index contributed by atoms with van der Waals surface area (Å²) in [7, 11) is 0. The van der Waals surface area contributed by atoms with Crippen LogP contribution in [0.25, 0.3) is 0 Å². The van der Waals surface area contributed by atoms with Crippen LogP contribution in [-0.4, -0.2) is 42.2 Å². The minimum absolute atomic E-state index is 0.186. The van der Waals surface area contributed by atoms with Crippen LogP contribution in [0.5, 0.6) is 5.75 Å². The highest BCUT2D eigenvalue weighted by atomic mass is 16.5. The number of aryl methyl sites for hydroxylation is 1. The smallest absolute Gasteiger partial charge is 0.309 e. The third kappa shape index (κ3) is 3.20. The van der Waals surface area contributed by atoms with Gasteiger partial charge in [-0.2, -0.15) is 0 Å². The van der Waals surface area contributed by atoms with Crippen LogP contribution < -0.4 is 4.74 Å². The number of carbonyl (C=O) groups is 1. The highest BCUT2D eigenvalue weighted by Gasteiger charge is 2.31. The summed E-state index contributed by atoms with van der Waals surface area (Å²) in [4.78, 5) is 12.7. The molecule has 0 aromatic heterocycles. The van der Waals surface area contributed by atoms with Crippen molar-refractivity contribution in [2.75, 3.05) is 26.2 Å². The van der Waals surface area contributed by atoms with Crippen molar-refractivity contribution in [2.24, 2.45) is 5.92 Å². The molecule has 2 rings (SSSR count). The summed E-state index contributed by atoms with van der Waals surface area (Å²) in [5.41, 5.74) is 1.21. The third-order valence-electron chi connectivity index (χ3n) is 3.00. The van der Waals surface area contributed by atoms with E-state index in [0.29, 0.717) is 19.7 Å². The second kappa shape index (κ2) is 5.19. The van der Waals surface area contributed by atoms with E-state index < -0.39 is 5.97 Å². The molecule has 1 aliphatic rings. The Hall–Kier alpha value is -1.55. The van der Waals surface area contributed by atoms with E-state index in [4.69, 9.17) is 9.84 Å². The standard InChI is InChI=1S/C13H17NO3/c1-10-2-4-12(5-3-10)17-7-6-14-8-11(9-14)13(15)16/h2-5,11H,6-9H2,1H3,(H,15,16). The van der Waals surface area contributed by atoms with Crippen LogP contribution in [0.3, 0.4) is 0 Å². The maximum absolute atomic E-state index is 10.6. The lowest BCUT2D eigenvalue weighted by molar-refractivity contribution is -0.147. The molecule has 4 heteroatoms. The number of carboxylic acid groups (broad SMARTS) is 1. The Balaban J connectivity index is 1.64. The highest BCUT2D eigenvalue weighted by molar-refractivity contribution is 5.71. The van der Waals surface area contributed by atoms with Gasteiger partial charge in [0.1, 0.15) is 12.4 Å². The summed E-state index contributed by atoms with van der Waals surface area (Å²) in [6.07, 6.45) is 0. The molecule has 0 bridgehead atoms. The number of likely N-dealkylation sites (tertiary alicyclic amines) is 1. The molecule has 0 amide bonds. The first kappa shape index (κ1) is 11.9. The lowest BCUT2D eigenvalue weighted by atomic mass is 10.0. The molecule has 0 radical (unpaired) electrons. The summed E-state index contributed by atoms with van der Waals surface area (Å²) >= 11 is 0. The third-order valence-corrected chi connectivity index (χ3v) is 3.00. The van der Waals surface area contributed by atoms with Crippen LogP contribution in [0.1, 0.15) is 5.56 Å². The molecular formula is C13H17NO3. The number of aliphatic carboxylic acids is 1. The van der Waals surface area contributed by atoms with Crippen LogP contribution in [0.4, 0.5) is 0 Å². The maximum Gasteiger partial charge on any atom is 0.309 e. The predicted octanol–water partition coefficient (Wildman–Crippen LogP) is 1.39. The molecular weight excluding hydrogens is 218 g/mol. The second-order valence-corrected chi connectivity index (χ2v) is 4.46. The quantitative estimate of drug-likeness (QED) is 0.838. The Labute approximate surface area is 101 Å². The molecule has 0 saturated carbocycles. The maximum atomic E-state index is 10.6. The van der Waals surface area contributed by atoms with Gasteiger partial charge in [-0.25, -0.2) is 0 Å². The molecule has 1 saturated heterocycles. The molecule has 1 heterocycles. The first-order valence-electron chi connectivity index (χ1n) is 5.80. The minimum atomic E-state index is -0.694. The number of hydrogen-bond donors (Lipinski definition) is 1. The van der Waals surface area contributed by atoms with E-state index in [1.807, 2.05) is 31.2 Å². The van der Waals surface area contributed by atoms with Gasteiger partial charge in [-0.3, -0.25) is 9.69 Å². The van der Waals surface area contributed by atoms with Gasteiger partial charge in [-0.1, -0.05) is 17.7 Å². The molecule has 0 unspecified atom stereocenters. The van der Waals surface area contributed by atoms with Gasteiger partial charge in [0.25, 0.3) is 0 Å². The number of rotatable bonds is 5. The van der Waals surface area contributed by atoms with Crippen molar-refractivity contribution in [3.05, 3.63) is 29.8 Å². The van der Waals surface area contributed by atoms with Gasteiger partial charge in [0.05, 0.1) is 5.92 Å². The number of benzene rings is 1. The Morgan fingerprint density at radius 1 is 1.41 bits per heavy atom. The fourth-order valence-corrected chi connectivity index (χ4v) is 1.84. The molecule has 1 aromatic rings. The van der Waals surface area contributed by atoms with E-state index in [9.17, 15) is 4.79 Å². The number of carboxylic acids is 1. The molecule has 1 N–H and O–H groups in total. The molecule has 1 fully saturated rings. The topological polar surface area (TPSA) is 49.8 Å². The van der Waals surface area contributed by atoms with Gasteiger partial charge in [0.15, 0.2) is 0 Å². The Bertz CT molecular complexity index is 382. The van der Waals surface area contributed by atoms with Crippen molar-refractivity contribution in [1.29, 1.82) is 0 Å². The lowest BCUT2D eigenvalue weighted by Gasteiger charge is -2.36. The van der Waals surface area contributed by atoms with E-state index in [2.05, 4.69) is 4.90 Å². The molecule has 1 aliphatic heterocycles. The van der Waals surface area contributed by atoms with Gasteiger partial charge in [0, 0.05) is 19.6 Å². The molecule has 1 aromatic carbocycles. The monoisotopic (exact) mass is 235 g/mol. The summed E-state index contributed by atoms with van der Waals surface area (Å²) in [6.45, 7) is 4.72. The van der Waals surface area contributed by atoms with Gasteiger partial charge in [-0.05, 0) is 19.1 Å². The number of ether oxygens (including phenoxy) is 1. The van der Waals surface area contributed by atoms with Crippen LogP contribution in [0.2, 0.25) is 0 Å². The lowest BCUT2D eigenvalue weighted by Crippen LogP contribution is -2.51. The second-order valence-electron chi connectivity index (χ2n) is 4.46. The fourth-order valence-electron chi connectivity index (χ4n) is 1.84. The number of hydrogen-bond acceptors (Lipinski definition) is 3. The van der Waals surface area contributed by atoms with Crippen LogP contribution in [0, 0.1) is 12.8 Å². The molecule has 0 spiro atoms. The van der Waals surface area contributed by atoms with E-state index in [1.54, 1.807) is 0 Å². The molecule has 0 atom stereocenters. The Morgan fingerprint density at radius 3 is 2.65 bits per heavy atom. The number of nitrogens with zero attached hydrogens (tertiary/aromatic N) is 1. The van der Waals surface area contributed by atoms with Crippen molar-refractivity contribution < 1.29 is 14.6 Å². The summed E-state index contributed by atoms with van der Waals surface area (Å²) < 4.78 is 5.57. The largest absolute Gasteiger partial charge is 0.492 e. The fraction of sp³-hybridized carbons (Fsp3) is 0.462. The zero-order valence-corrected chi connectivity index (χ0v) is 9.93. The first-order chi connectivity index (χ1) is 8.15. The van der Waals surface area contributed by atoms with Gasteiger partial charge < -0.3 is 9.84 Å². The summed E-state index contributed by atoms with van der Waals surface area (Å²) in [5.74, 6) is -0.0130. The van der Waals surface area contributed by atoms with Crippen LogP contribution >= 0.6 is 0 Å². The molecule has 92 valence electrons. The molecule has 17 heavy (non-hydrogen) atoms. The van der Waals surface area contributed by atoms with Crippen molar-refractivity contribution in [3.8, 4) is 5.75 Å². The van der Waals surface area contributed by atoms with E-state index in [0.717, 1.165) is 12.3 Å². The normalized spacial score (nSPS) is 16.5. The van der Waals surface area contributed by atoms with Gasteiger partial charge in [-0.15, -0.1) is 0 Å². The van der Waals surface area contributed by atoms with Crippen molar-refractivity contribution in [1.82, 2.24) is 4.90 Å². The Morgan fingerprint density at radius 2 is 2.06 bits per heavy atom. The SMILES string of the molecule is Cc1ccc(OCCN2CC(C(=O)O)C2)cc1. The average molecular weight is 235 g/mol. The van der Waals surface area contributed by atoms with Gasteiger partial charge >= 0.3 is 5.97 Å². The first-order valence-corrected chi connectivity index (χ1v) is 5.80. The highest BCUT2D eigenvalue weighted by Crippen LogP contribution is 2.15. The van der Waals surface area contributed by atoms with Crippen LogP contribution in [-0.2, 0) is 4.79 Å². The predicted molar refractivity (Wildman–Crippen MR) is 64.2 cm³/mol. The van der Waals surface area contributed by atoms with Crippen molar-refractivity contribution in [3.63, 3.8) is 0 Å². The van der Waals surface area contributed by atoms with E-state index in [1.165, 1.54) is 5.56 Å². The zero-order valence-electron chi connectivity index (χ0n) is 9.93. The van der Waals surface area contributed by atoms with Crippen molar-refractivity contribution >= 4 is 5.97 Å². The molecule has 4 nitrogen and oxygen atoms in total. The zero-order chi connectivity index (χ0) is 12.3. The molecule has 0 aliphatic carbocycles. The average Bonchev–Trinajstić information content (AvgIpc) is 2.23.